The van der Waals surface area contributed by atoms with E-state index in [0.717, 1.165) is 16.8 Å². The van der Waals surface area contributed by atoms with Gasteiger partial charge in [-0.15, -0.1) is 5.10 Å². The lowest BCUT2D eigenvalue weighted by Gasteiger charge is -2.34. The van der Waals surface area contributed by atoms with Crippen LogP contribution in [-0.4, -0.2) is 63.6 Å². The monoisotopic (exact) mass is 438 g/mol. The smallest absolute Gasteiger partial charge is 0.366 e. The first-order valence-corrected chi connectivity index (χ1v) is 9.39. The fraction of sp³-hybridized carbons (Fsp3) is 0.368. The van der Waals surface area contributed by atoms with Gasteiger partial charge in [0, 0.05) is 51.9 Å². The zero-order chi connectivity index (χ0) is 22.8. The van der Waals surface area contributed by atoms with Gasteiger partial charge in [-0.3, -0.25) is 14.5 Å². The fourth-order valence-electron chi connectivity index (χ4n) is 3.32. The van der Waals surface area contributed by atoms with E-state index in [9.17, 15) is 27.6 Å². The third-order valence-corrected chi connectivity index (χ3v) is 4.79. The van der Waals surface area contributed by atoms with Crippen LogP contribution in [0, 0.1) is 0 Å². The Morgan fingerprint density at radius 1 is 1.13 bits per heavy atom. The molecule has 3 amide bonds. The average molecular weight is 438 g/mol. The number of aromatic nitrogens is 2. The Morgan fingerprint density at radius 2 is 1.81 bits per heavy atom. The maximum atomic E-state index is 13.2. The lowest BCUT2D eigenvalue weighted by Crippen LogP contribution is -2.49. The van der Waals surface area contributed by atoms with Gasteiger partial charge in [-0.25, -0.2) is 4.79 Å². The first kappa shape index (κ1) is 22.3. The van der Waals surface area contributed by atoms with Crippen molar-refractivity contribution < 1.29 is 27.6 Å². The van der Waals surface area contributed by atoms with Crippen molar-refractivity contribution in [2.24, 2.45) is 5.73 Å². The van der Waals surface area contributed by atoms with Gasteiger partial charge in [-0.1, -0.05) is 6.07 Å². The third kappa shape index (κ3) is 5.40. The topological polar surface area (TPSA) is 114 Å². The maximum Gasteiger partial charge on any atom is 0.417 e. The van der Waals surface area contributed by atoms with E-state index < -0.39 is 23.2 Å². The Hall–Kier alpha value is -3.41. The first-order chi connectivity index (χ1) is 14.5. The molecule has 1 fully saturated rings. The lowest BCUT2D eigenvalue weighted by molar-refractivity contribution is -0.138. The van der Waals surface area contributed by atoms with Crippen LogP contribution in [0.2, 0.25) is 0 Å². The molecular formula is C19H21F3N6O3. The van der Waals surface area contributed by atoms with Gasteiger partial charge in [0.15, 0.2) is 5.82 Å². The Bertz CT molecular complexity index is 996. The summed E-state index contributed by atoms with van der Waals surface area (Å²) < 4.78 is 40.9. The van der Waals surface area contributed by atoms with Crippen molar-refractivity contribution in [1.82, 2.24) is 19.6 Å². The molecule has 1 aliphatic rings. The molecular weight excluding hydrogens is 417 g/mol. The molecule has 3 rings (SSSR count). The summed E-state index contributed by atoms with van der Waals surface area (Å²) in [6.45, 7) is 3.19. The molecule has 0 spiro atoms. The molecule has 9 nitrogen and oxygen atoms in total. The minimum absolute atomic E-state index is 0.235. The largest absolute Gasteiger partial charge is 0.417 e. The summed E-state index contributed by atoms with van der Waals surface area (Å²) in [5, 5.41) is 6.49. The first-order valence-electron chi connectivity index (χ1n) is 9.39. The summed E-state index contributed by atoms with van der Waals surface area (Å²) in [5.41, 5.74) is 3.82. The number of halogens is 3. The zero-order valence-electron chi connectivity index (χ0n) is 16.6. The molecule has 2 aromatic rings. The minimum atomic E-state index is -4.69. The lowest BCUT2D eigenvalue weighted by atomic mass is 10.0. The van der Waals surface area contributed by atoms with Gasteiger partial charge < -0.3 is 16.0 Å². The molecule has 1 aromatic carbocycles. The summed E-state index contributed by atoms with van der Waals surface area (Å²) in [6.07, 6.45) is -3.25. The van der Waals surface area contributed by atoms with Crippen molar-refractivity contribution in [3.8, 4) is 0 Å². The minimum Gasteiger partial charge on any atom is -0.366 e. The van der Waals surface area contributed by atoms with Crippen LogP contribution in [0.15, 0.2) is 30.5 Å². The number of nitrogens with zero attached hydrogens (tertiary/aromatic N) is 4. The number of alkyl halides is 3. The van der Waals surface area contributed by atoms with Crippen LogP contribution in [0.25, 0.3) is 0 Å². The molecule has 0 bridgehead atoms. The molecule has 1 saturated heterocycles. The predicted octanol–water partition coefficient (Wildman–Crippen LogP) is 1.75. The van der Waals surface area contributed by atoms with Gasteiger partial charge in [0.1, 0.15) is 0 Å². The maximum absolute atomic E-state index is 13.2. The van der Waals surface area contributed by atoms with Crippen LogP contribution in [0.4, 0.5) is 23.8 Å². The quantitative estimate of drug-likeness (QED) is 0.755. The Balaban J connectivity index is 1.61. The van der Waals surface area contributed by atoms with Gasteiger partial charge in [-0.05, 0) is 17.7 Å². The van der Waals surface area contributed by atoms with Crippen LogP contribution >= 0.6 is 0 Å². The van der Waals surface area contributed by atoms with Gasteiger partial charge in [0.2, 0.25) is 11.8 Å². The number of piperazine rings is 1. The number of nitrogens with one attached hydrogen (secondary N) is 1. The number of nitrogens with two attached hydrogens (primary N) is 1. The molecule has 2 heterocycles. The number of rotatable bonds is 4. The highest BCUT2D eigenvalue weighted by Crippen LogP contribution is 2.33. The molecule has 0 atom stereocenters. The molecule has 3 N–H and O–H groups in total. The summed E-state index contributed by atoms with van der Waals surface area (Å²) >= 11 is 0. The van der Waals surface area contributed by atoms with Gasteiger partial charge in [0.25, 0.3) is 0 Å². The van der Waals surface area contributed by atoms with Gasteiger partial charge in [0.05, 0.1) is 11.1 Å². The Morgan fingerprint density at radius 3 is 2.39 bits per heavy atom. The second-order valence-electron chi connectivity index (χ2n) is 7.11. The van der Waals surface area contributed by atoms with E-state index >= 15 is 0 Å². The van der Waals surface area contributed by atoms with E-state index in [4.69, 9.17) is 5.73 Å². The van der Waals surface area contributed by atoms with E-state index in [0.29, 0.717) is 31.7 Å². The molecule has 166 valence electrons. The summed E-state index contributed by atoms with van der Waals surface area (Å²) in [6, 6.07) is 4.61. The van der Waals surface area contributed by atoms with Crippen LogP contribution in [0.5, 0.6) is 0 Å². The van der Waals surface area contributed by atoms with Crippen molar-refractivity contribution in [1.29, 1.82) is 0 Å². The van der Waals surface area contributed by atoms with Crippen molar-refractivity contribution in [2.45, 2.75) is 19.6 Å². The summed E-state index contributed by atoms with van der Waals surface area (Å²) in [5.74, 6) is -1.17. The molecule has 12 heteroatoms. The van der Waals surface area contributed by atoms with Crippen LogP contribution in [-0.2, 0) is 17.5 Å². The molecule has 31 heavy (non-hydrogen) atoms. The number of hydrogen-bond donors (Lipinski definition) is 2. The van der Waals surface area contributed by atoms with Crippen molar-refractivity contribution >= 4 is 23.7 Å². The average Bonchev–Trinajstić information content (AvgIpc) is 3.15. The Kier molecular flexibility index (Phi) is 6.29. The van der Waals surface area contributed by atoms with Crippen LogP contribution in [0.3, 0.4) is 0 Å². The van der Waals surface area contributed by atoms with Crippen molar-refractivity contribution in [3.63, 3.8) is 0 Å². The van der Waals surface area contributed by atoms with E-state index in [-0.39, 0.29) is 24.3 Å². The second-order valence-corrected chi connectivity index (χ2v) is 7.11. The van der Waals surface area contributed by atoms with Crippen LogP contribution in [0.1, 0.15) is 28.4 Å². The molecule has 0 unspecified atom stereocenters. The summed E-state index contributed by atoms with van der Waals surface area (Å²) in [4.78, 5) is 38.4. The SMILES string of the molecule is CC(=O)Nc1ccn(C(=O)N2CCN(Cc3ccc(C(N)=O)c(C(F)(F)F)c3)CC2)n1. The molecule has 0 radical (unpaired) electrons. The molecule has 0 aliphatic carbocycles. The number of hydrogen-bond acceptors (Lipinski definition) is 5. The highest BCUT2D eigenvalue weighted by Gasteiger charge is 2.35. The summed E-state index contributed by atoms with van der Waals surface area (Å²) in [7, 11) is 0. The van der Waals surface area contributed by atoms with Gasteiger partial charge >= 0.3 is 12.2 Å². The van der Waals surface area contributed by atoms with Crippen molar-refractivity contribution in [2.75, 3.05) is 31.5 Å². The number of benzene rings is 1. The standard InChI is InChI=1S/C19H21F3N6O3/c1-12(29)24-16-4-5-28(25-16)18(31)27-8-6-26(7-9-27)11-13-2-3-14(17(23)30)15(10-13)19(20,21)22/h2-5,10H,6-9,11H2,1H3,(H2,23,30)(H,24,25,29). The highest BCUT2D eigenvalue weighted by atomic mass is 19.4. The van der Waals surface area contributed by atoms with E-state index in [1.54, 1.807) is 4.90 Å². The van der Waals surface area contributed by atoms with Crippen molar-refractivity contribution in [3.05, 3.63) is 47.2 Å². The number of anilines is 1. The molecule has 1 aliphatic heterocycles. The number of carbonyl (C=O) groups is 3. The number of primary amides is 1. The third-order valence-electron chi connectivity index (χ3n) is 4.79. The van der Waals surface area contributed by atoms with Gasteiger partial charge in [-0.2, -0.15) is 17.9 Å². The molecule has 1 aromatic heterocycles. The van der Waals surface area contributed by atoms with Crippen LogP contribution < -0.4 is 11.1 Å². The fourth-order valence-corrected chi connectivity index (χ4v) is 3.32. The Labute approximate surface area is 175 Å². The van der Waals surface area contributed by atoms with E-state index in [2.05, 4.69) is 10.4 Å². The zero-order valence-corrected chi connectivity index (χ0v) is 16.6. The normalized spacial score (nSPS) is 15.0. The second kappa shape index (κ2) is 8.76. The highest BCUT2D eigenvalue weighted by molar-refractivity contribution is 5.94. The van der Waals surface area contributed by atoms with E-state index in [1.165, 1.54) is 25.3 Å². The number of carbonyl (C=O) groups excluding carboxylic acids is 3. The molecule has 0 saturated carbocycles. The number of amides is 3. The van der Waals surface area contributed by atoms with E-state index in [1.807, 2.05) is 4.90 Å². The predicted molar refractivity (Wildman–Crippen MR) is 104 cm³/mol.